The van der Waals surface area contributed by atoms with Crippen molar-refractivity contribution in [2.75, 3.05) is 13.2 Å². The van der Waals surface area contributed by atoms with E-state index in [0.29, 0.717) is 33.1 Å². The SMILES string of the molecule is CCOC(=O)COc1ccc(C(F)Cc2sc(-c3ccc(C(F)(F)F)cc3)nc2C)cc1C. The van der Waals surface area contributed by atoms with Crippen LogP contribution in [0.1, 0.15) is 40.4 Å². The van der Waals surface area contributed by atoms with Crippen LogP contribution in [0.25, 0.3) is 10.6 Å². The highest BCUT2D eigenvalue weighted by Crippen LogP contribution is 2.35. The van der Waals surface area contributed by atoms with E-state index in [9.17, 15) is 18.0 Å². The number of aromatic nitrogens is 1. The van der Waals surface area contributed by atoms with Gasteiger partial charge in [0.1, 0.15) is 16.9 Å². The Balaban J connectivity index is 1.69. The average molecular weight is 482 g/mol. The number of thiazole rings is 1. The minimum atomic E-state index is -4.40. The second-order valence-electron chi connectivity index (χ2n) is 7.39. The molecule has 0 bridgehead atoms. The molecule has 33 heavy (non-hydrogen) atoms. The van der Waals surface area contributed by atoms with Crippen molar-refractivity contribution in [3.8, 4) is 16.3 Å². The average Bonchev–Trinajstić information content (AvgIpc) is 3.12. The lowest BCUT2D eigenvalue weighted by Gasteiger charge is -2.12. The van der Waals surface area contributed by atoms with E-state index in [1.54, 1.807) is 39.0 Å². The van der Waals surface area contributed by atoms with Crippen molar-refractivity contribution in [3.05, 3.63) is 69.7 Å². The molecule has 4 nitrogen and oxygen atoms in total. The second-order valence-corrected chi connectivity index (χ2v) is 8.48. The van der Waals surface area contributed by atoms with E-state index in [-0.39, 0.29) is 19.6 Å². The third-order valence-corrected chi connectivity index (χ3v) is 6.16. The maximum absolute atomic E-state index is 15.1. The first-order valence-electron chi connectivity index (χ1n) is 10.3. The van der Waals surface area contributed by atoms with Crippen molar-refractivity contribution in [1.82, 2.24) is 4.98 Å². The van der Waals surface area contributed by atoms with Crippen LogP contribution in [-0.4, -0.2) is 24.2 Å². The van der Waals surface area contributed by atoms with Crippen LogP contribution >= 0.6 is 11.3 Å². The van der Waals surface area contributed by atoms with E-state index in [1.165, 1.54) is 23.5 Å². The molecule has 0 aliphatic heterocycles. The first-order valence-corrected chi connectivity index (χ1v) is 11.1. The van der Waals surface area contributed by atoms with Crippen molar-refractivity contribution >= 4 is 17.3 Å². The van der Waals surface area contributed by atoms with Crippen molar-refractivity contribution in [2.24, 2.45) is 0 Å². The highest BCUT2D eigenvalue weighted by atomic mass is 32.1. The summed E-state index contributed by atoms with van der Waals surface area (Å²) in [5, 5.41) is 0.544. The Morgan fingerprint density at radius 2 is 1.82 bits per heavy atom. The number of esters is 1. The second kappa shape index (κ2) is 10.3. The van der Waals surface area contributed by atoms with E-state index < -0.39 is 23.9 Å². The van der Waals surface area contributed by atoms with Crippen molar-refractivity contribution < 1.29 is 31.8 Å². The highest BCUT2D eigenvalue weighted by molar-refractivity contribution is 7.15. The molecule has 0 aliphatic carbocycles. The summed E-state index contributed by atoms with van der Waals surface area (Å²) in [6, 6.07) is 9.65. The van der Waals surface area contributed by atoms with Crippen LogP contribution in [0.2, 0.25) is 0 Å². The Morgan fingerprint density at radius 3 is 2.42 bits per heavy atom. The minimum Gasteiger partial charge on any atom is -0.482 e. The normalized spacial score (nSPS) is 12.5. The summed E-state index contributed by atoms with van der Waals surface area (Å²) in [4.78, 5) is 16.6. The fourth-order valence-corrected chi connectivity index (χ4v) is 4.28. The number of rotatable bonds is 8. The third-order valence-electron chi connectivity index (χ3n) is 4.93. The monoisotopic (exact) mass is 481 g/mol. The molecule has 0 spiro atoms. The molecule has 0 saturated carbocycles. The first-order chi connectivity index (χ1) is 15.6. The molecule has 1 unspecified atom stereocenters. The van der Waals surface area contributed by atoms with Gasteiger partial charge in [0.15, 0.2) is 6.61 Å². The number of benzene rings is 2. The zero-order chi connectivity index (χ0) is 24.2. The van der Waals surface area contributed by atoms with E-state index in [2.05, 4.69) is 4.98 Å². The number of ether oxygens (including phenoxy) is 2. The maximum Gasteiger partial charge on any atom is 0.416 e. The Hall–Kier alpha value is -2.94. The summed E-state index contributed by atoms with van der Waals surface area (Å²) in [5.41, 5.74) is 1.61. The van der Waals surface area contributed by atoms with Gasteiger partial charge in [-0.15, -0.1) is 11.3 Å². The Bertz CT molecular complexity index is 1110. The quantitative estimate of drug-likeness (QED) is 0.267. The van der Waals surface area contributed by atoms with Crippen molar-refractivity contribution in [2.45, 2.75) is 39.5 Å². The van der Waals surface area contributed by atoms with Crippen molar-refractivity contribution in [3.63, 3.8) is 0 Å². The first kappa shape index (κ1) is 24.7. The molecule has 9 heteroatoms. The number of carbonyl (C=O) groups is 1. The molecule has 0 radical (unpaired) electrons. The molecule has 3 rings (SSSR count). The molecule has 1 aromatic heterocycles. The van der Waals surface area contributed by atoms with Crippen LogP contribution in [0.15, 0.2) is 42.5 Å². The van der Waals surface area contributed by atoms with Crippen LogP contribution in [-0.2, 0) is 22.1 Å². The maximum atomic E-state index is 15.1. The molecular formula is C24H23F4NO3S. The third kappa shape index (κ3) is 6.31. The van der Waals surface area contributed by atoms with Gasteiger partial charge in [0, 0.05) is 16.9 Å². The minimum absolute atomic E-state index is 0.0899. The molecule has 0 fully saturated rings. The zero-order valence-corrected chi connectivity index (χ0v) is 19.1. The molecule has 0 aliphatic rings. The summed E-state index contributed by atoms with van der Waals surface area (Å²) in [7, 11) is 0. The molecule has 0 N–H and O–H groups in total. The number of carbonyl (C=O) groups excluding carboxylic acids is 1. The molecular weight excluding hydrogens is 458 g/mol. The zero-order valence-electron chi connectivity index (χ0n) is 18.3. The topological polar surface area (TPSA) is 48.4 Å². The van der Waals surface area contributed by atoms with E-state index in [0.717, 1.165) is 17.0 Å². The smallest absolute Gasteiger partial charge is 0.416 e. The lowest BCUT2D eigenvalue weighted by Crippen LogP contribution is -2.15. The molecule has 176 valence electrons. The van der Waals surface area contributed by atoms with Crippen LogP contribution in [0.5, 0.6) is 5.75 Å². The summed E-state index contributed by atoms with van der Waals surface area (Å²) >= 11 is 1.26. The molecule has 2 aromatic carbocycles. The van der Waals surface area contributed by atoms with Gasteiger partial charge >= 0.3 is 12.1 Å². The highest BCUT2D eigenvalue weighted by Gasteiger charge is 2.30. The molecule has 1 atom stereocenters. The lowest BCUT2D eigenvalue weighted by atomic mass is 10.0. The largest absolute Gasteiger partial charge is 0.482 e. The van der Waals surface area contributed by atoms with Gasteiger partial charge in [-0.3, -0.25) is 0 Å². The van der Waals surface area contributed by atoms with Crippen LogP contribution in [0.3, 0.4) is 0 Å². The molecule has 0 saturated heterocycles. The number of halogens is 4. The van der Waals surface area contributed by atoms with Gasteiger partial charge in [-0.25, -0.2) is 14.2 Å². The van der Waals surface area contributed by atoms with Gasteiger partial charge in [0.05, 0.1) is 17.9 Å². The van der Waals surface area contributed by atoms with Gasteiger partial charge < -0.3 is 9.47 Å². The summed E-state index contributed by atoms with van der Waals surface area (Å²) in [5.74, 6) is -0.00794. The van der Waals surface area contributed by atoms with Crippen LogP contribution < -0.4 is 4.74 Å². The standard InChI is InChI=1S/C24H23F4NO3S/c1-4-31-22(30)13-32-20-10-7-17(11-14(20)2)19(25)12-21-15(3)29-23(33-21)16-5-8-18(9-6-16)24(26,27)28/h5-11,19H,4,12-13H2,1-3H3. The Morgan fingerprint density at radius 1 is 1.12 bits per heavy atom. The van der Waals surface area contributed by atoms with E-state index >= 15 is 4.39 Å². The van der Waals surface area contributed by atoms with Crippen molar-refractivity contribution in [1.29, 1.82) is 0 Å². The number of alkyl halides is 4. The molecule has 3 aromatic rings. The van der Waals surface area contributed by atoms with Gasteiger partial charge in [0.2, 0.25) is 0 Å². The summed E-state index contributed by atoms with van der Waals surface area (Å²) in [6.07, 6.45) is -5.61. The van der Waals surface area contributed by atoms with Gasteiger partial charge in [0.25, 0.3) is 0 Å². The van der Waals surface area contributed by atoms with Gasteiger partial charge in [-0.05, 0) is 56.2 Å². The Labute approximate surface area is 193 Å². The fourth-order valence-electron chi connectivity index (χ4n) is 3.19. The van der Waals surface area contributed by atoms with Crippen LogP contribution in [0, 0.1) is 13.8 Å². The number of aryl methyl sites for hydroxylation is 2. The fraction of sp³-hybridized carbons (Fsp3) is 0.333. The predicted octanol–water partition coefficient (Wildman–Crippen LogP) is 6.64. The van der Waals surface area contributed by atoms with E-state index in [1.807, 2.05) is 0 Å². The molecule has 0 amide bonds. The van der Waals surface area contributed by atoms with Gasteiger partial charge in [-0.2, -0.15) is 13.2 Å². The summed E-state index contributed by atoms with van der Waals surface area (Å²) < 4.78 is 63.6. The lowest BCUT2D eigenvalue weighted by molar-refractivity contribution is -0.145. The van der Waals surface area contributed by atoms with Gasteiger partial charge in [-0.1, -0.05) is 18.2 Å². The number of hydrogen-bond donors (Lipinski definition) is 0. The summed E-state index contributed by atoms with van der Waals surface area (Å²) in [6.45, 7) is 5.26. The number of nitrogens with zero attached hydrogens (tertiary/aromatic N) is 1. The Kier molecular flexibility index (Phi) is 7.73. The molecule has 1 heterocycles. The van der Waals surface area contributed by atoms with E-state index in [4.69, 9.17) is 9.47 Å². The van der Waals surface area contributed by atoms with Crippen LogP contribution in [0.4, 0.5) is 17.6 Å². The number of hydrogen-bond acceptors (Lipinski definition) is 5. The predicted molar refractivity (Wildman–Crippen MR) is 118 cm³/mol.